The number of piperazine rings is 1. The number of nitrogens with zero attached hydrogens (tertiary/aromatic N) is 2. The molecule has 1 rings (SSSR count). The molecular formula is C13H27N3O. The number of nitrogens with two attached hydrogens (primary N) is 1. The van der Waals surface area contributed by atoms with Gasteiger partial charge >= 0.3 is 0 Å². The lowest BCUT2D eigenvalue weighted by Crippen LogP contribution is -2.51. The first-order chi connectivity index (χ1) is 8.22. The average Bonchev–Trinajstić information content (AvgIpc) is 2.36. The van der Waals surface area contributed by atoms with Crippen molar-refractivity contribution in [3.63, 3.8) is 0 Å². The monoisotopic (exact) mass is 241 g/mol. The fraction of sp³-hybridized carbons (Fsp3) is 0.923. The minimum Gasteiger partial charge on any atom is -0.340 e. The van der Waals surface area contributed by atoms with Crippen LogP contribution in [0.25, 0.3) is 0 Å². The summed E-state index contributed by atoms with van der Waals surface area (Å²) in [5.41, 5.74) is 5.68. The lowest BCUT2D eigenvalue weighted by molar-refractivity contribution is -0.137. The van der Waals surface area contributed by atoms with E-state index >= 15 is 0 Å². The highest BCUT2D eigenvalue weighted by Crippen LogP contribution is 2.12. The lowest BCUT2D eigenvalue weighted by atomic mass is 10.0. The van der Waals surface area contributed by atoms with Crippen molar-refractivity contribution in [3.05, 3.63) is 0 Å². The number of hydrogen-bond donors (Lipinski definition) is 1. The molecule has 0 aromatic carbocycles. The third kappa shape index (κ3) is 4.28. The van der Waals surface area contributed by atoms with Gasteiger partial charge in [-0.3, -0.25) is 9.69 Å². The fourth-order valence-corrected chi connectivity index (χ4v) is 2.46. The summed E-state index contributed by atoms with van der Waals surface area (Å²) in [6.45, 7) is 9.72. The zero-order valence-electron chi connectivity index (χ0n) is 11.3. The summed E-state index contributed by atoms with van der Waals surface area (Å²) in [6.07, 6.45) is 3.14. The number of amides is 1. The van der Waals surface area contributed by atoms with E-state index in [4.69, 9.17) is 5.73 Å². The van der Waals surface area contributed by atoms with Gasteiger partial charge < -0.3 is 10.6 Å². The van der Waals surface area contributed by atoms with Crippen LogP contribution < -0.4 is 5.73 Å². The van der Waals surface area contributed by atoms with Gasteiger partial charge in [-0.2, -0.15) is 0 Å². The molecule has 0 aromatic heterocycles. The Bertz CT molecular complexity index is 225. The van der Waals surface area contributed by atoms with Gasteiger partial charge in [0, 0.05) is 32.7 Å². The number of rotatable bonds is 6. The molecule has 0 aromatic rings. The smallest absolute Gasteiger partial charge is 0.227 e. The van der Waals surface area contributed by atoms with Crippen LogP contribution in [0, 0.1) is 5.92 Å². The molecular weight excluding hydrogens is 214 g/mol. The maximum atomic E-state index is 12.2. The van der Waals surface area contributed by atoms with Crippen molar-refractivity contribution >= 4 is 5.91 Å². The summed E-state index contributed by atoms with van der Waals surface area (Å²) in [4.78, 5) is 16.6. The Morgan fingerprint density at radius 2 is 1.82 bits per heavy atom. The molecule has 1 aliphatic rings. The first-order valence-corrected chi connectivity index (χ1v) is 6.94. The van der Waals surface area contributed by atoms with Crippen LogP contribution in [0.1, 0.15) is 33.1 Å². The van der Waals surface area contributed by atoms with Gasteiger partial charge in [-0.05, 0) is 19.4 Å². The Morgan fingerprint density at radius 3 is 2.29 bits per heavy atom. The molecule has 1 amide bonds. The van der Waals surface area contributed by atoms with Gasteiger partial charge in [-0.15, -0.1) is 0 Å². The zero-order valence-corrected chi connectivity index (χ0v) is 11.3. The van der Waals surface area contributed by atoms with Crippen LogP contribution >= 0.6 is 0 Å². The van der Waals surface area contributed by atoms with E-state index in [9.17, 15) is 4.79 Å². The normalized spacial score (nSPS) is 19.4. The Kier molecular flexibility index (Phi) is 6.52. The van der Waals surface area contributed by atoms with Gasteiger partial charge in [0.15, 0.2) is 0 Å². The molecule has 1 heterocycles. The van der Waals surface area contributed by atoms with E-state index in [0.29, 0.717) is 6.54 Å². The summed E-state index contributed by atoms with van der Waals surface area (Å²) < 4.78 is 0. The van der Waals surface area contributed by atoms with Crippen molar-refractivity contribution in [1.29, 1.82) is 0 Å². The molecule has 1 saturated heterocycles. The lowest BCUT2D eigenvalue weighted by Gasteiger charge is -2.36. The van der Waals surface area contributed by atoms with Gasteiger partial charge in [0.1, 0.15) is 0 Å². The summed E-state index contributed by atoms with van der Waals surface area (Å²) in [7, 11) is 0. The summed E-state index contributed by atoms with van der Waals surface area (Å²) in [5, 5.41) is 0. The molecule has 1 fully saturated rings. The van der Waals surface area contributed by atoms with Crippen molar-refractivity contribution < 1.29 is 4.79 Å². The Balaban J connectivity index is 2.39. The van der Waals surface area contributed by atoms with Crippen LogP contribution in [0.15, 0.2) is 0 Å². The van der Waals surface area contributed by atoms with E-state index < -0.39 is 0 Å². The summed E-state index contributed by atoms with van der Waals surface area (Å²) in [5.74, 6) is 0.309. The van der Waals surface area contributed by atoms with Crippen molar-refractivity contribution in [1.82, 2.24) is 9.80 Å². The molecule has 1 unspecified atom stereocenters. The van der Waals surface area contributed by atoms with Crippen molar-refractivity contribution in [2.24, 2.45) is 11.7 Å². The molecule has 2 N–H and O–H groups in total. The minimum atomic E-state index is 0.0396. The highest BCUT2D eigenvalue weighted by molar-refractivity contribution is 5.79. The van der Waals surface area contributed by atoms with E-state index in [0.717, 1.165) is 45.6 Å². The van der Waals surface area contributed by atoms with E-state index in [2.05, 4.69) is 18.7 Å². The highest BCUT2D eigenvalue weighted by Gasteiger charge is 2.25. The molecule has 4 nitrogen and oxygen atoms in total. The number of carbonyl (C=O) groups is 1. The average molecular weight is 241 g/mol. The van der Waals surface area contributed by atoms with E-state index in [1.807, 2.05) is 4.90 Å². The third-order valence-electron chi connectivity index (χ3n) is 3.49. The number of carbonyl (C=O) groups excluding carboxylic acids is 1. The van der Waals surface area contributed by atoms with Crippen molar-refractivity contribution in [2.45, 2.75) is 33.1 Å². The number of hydrogen-bond acceptors (Lipinski definition) is 3. The quantitative estimate of drug-likeness (QED) is 0.752. The maximum absolute atomic E-state index is 12.2. The zero-order chi connectivity index (χ0) is 12.7. The molecule has 4 heteroatoms. The van der Waals surface area contributed by atoms with Crippen LogP contribution in [-0.4, -0.2) is 55.0 Å². The van der Waals surface area contributed by atoms with E-state index in [1.54, 1.807) is 0 Å². The largest absolute Gasteiger partial charge is 0.340 e. The summed E-state index contributed by atoms with van der Waals surface area (Å²) in [6, 6.07) is 0. The second-order valence-corrected chi connectivity index (χ2v) is 4.89. The Hall–Kier alpha value is -0.610. The van der Waals surface area contributed by atoms with Gasteiger partial charge in [-0.1, -0.05) is 20.3 Å². The highest BCUT2D eigenvalue weighted by atomic mass is 16.2. The maximum Gasteiger partial charge on any atom is 0.227 e. The van der Waals surface area contributed by atoms with Gasteiger partial charge in [-0.25, -0.2) is 0 Å². The van der Waals surface area contributed by atoms with Crippen LogP contribution in [0.3, 0.4) is 0 Å². The fourth-order valence-electron chi connectivity index (χ4n) is 2.46. The predicted octanol–water partition coefficient (Wildman–Crippen LogP) is 0.916. The molecule has 0 radical (unpaired) electrons. The standard InChI is InChI=1S/C13H27N3O/c1-3-5-12(11-14)13(17)16-9-7-15(6-4-2)8-10-16/h12H,3-11,14H2,1-2H3. The molecule has 100 valence electrons. The van der Waals surface area contributed by atoms with Gasteiger partial charge in [0.25, 0.3) is 0 Å². The second-order valence-electron chi connectivity index (χ2n) is 4.89. The Labute approximate surface area is 105 Å². The summed E-state index contributed by atoms with van der Waals surface area (Å²) >= 11 is 0. The SMILES string of the molecule is CCCC(CN)C(=O)N1CCN(CCC)CC1. The molecule has 0 saturated carbocycles. The molecule has 0 spiro atoms. The van der Waals surface area contributed by atoms with Crippen LogP contribution in [0.4, 0.5) is 0 Å². The molecule has 17 heavy (non-hydrogen) atoms. The first-order valence-electron chi connectivity index (χ1n) is 6.94. The van der Waals surface area contributed by atoms with E-state index in [1.165, 1.54) is 6.42 Å². The van der Waals surface area contributed by atoms with Crippen molar-refractivity contribution in [2.75, 3.05) is 39.3 Å². The minimum absolute atomic E-state index is 0.0396. The second kappa shape index (κ2) is 7.67. The molecule has 1 atom stereocenters. The van der Waals surface area contributed by atoms with Crippen molar-refractivity contribution in [3.8, 4) is 0 Å². The van der Waals surface area contributed by atoms with Crippen LogP contribution in [0.5, 0.6) is 0 Å². The Morgan fingerprint density at radius 1 is 1.18 bits per heavy atom. The van der Waals surface area contributed by atoms with Gasteiger partial charge in [0.2, 0.25) is 5.91 Å². The van der Waals surface area contributed by atoms with Crippen LogP contribution in [-0.2, 0) is 4.79 Å². The van der Waals surface area contributed by atoms with Gasteiger partial charge in [0.05, 0.1) is 5.92 Å². The topological polar surface area (TPSA) is 49.6 Å². The first kappa shape index (κ1) is 14.5. The molecule has 0 aliphatic carbocycles. The third-order valence-corrected chi connectivity index (χ3v) is 3.49. The predicted molar refractivity (Wildman–Crippen MR) is 70.8 cm³/mol. The van der Waals surface area contributed by atoms with E-state index in [-0.39, 0.29) is 11.8 Å². The molecule has 1 aliphatic heterocycles. The molecule has 0 bridgehead atoms. The van der Waals surface area contributed by atoms with Crippen LogP contribution in [0.2, 0.25) is 0 Å².